The highest BCUT2D eigenvalue weighted by Crippen LogP contribution is 2.91. The number of hydrogen-bond donors (Lipinski definition) is 4. The zero-order chi connectivity index (χ0) is 55.1. The number of ether oxygens (including phenoxy) is 4. The molecule has 1 aromatic heterocycles. The van der Waals surface area contributed by atoms with Crippen LogP contribution in [-0.2, 0) is 46.2 Å². The number of carbonyl (C=O) groups excluding carboxylic acids is 3. The van der Waals surface area contributed by atoms with E-state index >= 15 is 14.4 Å². The van der Waals surface area contributed by atoms with Crippen molar-refractivity contribution in [2.45, 2.75) is 189 Å². The largest absolute Gasteiger partial charge is 0.469 e. The Balaban J connectivity index is 0.830. The van der Waals surface area contributed by atoms with Gasteiger partial charge in [0, 0.05) is 41.3 Å². The molecule has 7 aliphatic heterocycles. The molecule has 16 aliphatic rings. The average Bonchev–Trinajstić information content (AvgIpc) is 1.45. The fraction of sp³-hybridized carbons (Fsp3) is 0.754. The second kappa shape index (κ2) is 17.4. The summed E-state index contributed by atoms with van der Waals surface area (Å²) in [7, 11) is 0. The van der Waals surface area contributed by atoms with E-state index in [9.17, 15) is 15.3 Å². The molecule has 82 heavy (non-hydrogen) atoms. The van der Waals surface area contributed by atoms with Gasteiger partial charge in [-0.25, -0.2) is 4.79 Å². The van der Waals surface area contributed by atoms with E-state index in [4.69, 9.17) is 23.4 Å². The molecule has 13 nitrogen and oxygen atoms in total. The number of Topliss-reactive ketones (excluding diaryl/α,β-unsaturated/α-hetero) is 1. The molecule has 9 aliphatic carbocycles. The minimum Gasteiger partial charge on any atom is -0.469 e. The third kappa shape index (κ3) is 5.94. The molecule has 2 aromatic rings. The Kier molecular flexibility index (Phi) is 10.9. The van der Waals surface area contributed by atoms with Crippen molar-refractivity contribution in [3.05, 3.63) is 83.5 Å². The van der Waals surface area contributed by atoms with E-state index in [1.165, 1.54) is 17.6 Å². The minimum atomic E-state index is -1.47. The van der Waals surface area contributed by atoms with Crippen molar-refractivity contribution < 1.29 is 53.1 Å². The quantitative estimate of drug-likeness (QED) is 0.106. The molecule has 0 amide bonds. The Bertz CT molecular complexity index is 3070. The number of nitrogens with one attached hydrogen (secondary N) is 1. The smallest absolute Gasteiger partial charge is 0.339 e. The lowest BCUT2D eigenvalue weighted by molar-refractivity contribution is -0.301. The number of hydrogen-bond acceptors (Lipinski definition) is 13. The molecule has 14 fully saturated rings. The lowest BCUT2D eigenvalue weighted by Crippen LogP contribution is -2.82. The molecular weight excluding hydrogens is 1030 g/mol. The number of rotatable bonds is 9. The first-order valence-corrected chi connectivity index (χ1v) is 33.1. The van der Waals surface area contributed by atoms with Gasteiger partial charge < -0.3 is 43.6 Å². The molecule has 9 saturated carbocycles. The highest BCUT2D eigenvalue weighted by molar-refractivity contribution is 5.94. The zero-order valence-electron chi connectivity index (χ0n) is 48.0. The molecule has 8 heterocycles. The fourth-order valence-electron chi connectivity index (χ4n) is 26.5. The molecule has 438 valence electrons. The zero-order valence-corrected chi connectivity index (χ0v) is 48.0. The Hall–Kier alpha value is -3.85. The molecule has 0 unspecified atom stereocenters. The van der Waals surface area contributed by atoms with E-state index in [-0.39, 0.29) is 78.2 Å². The highest BCUT2D eigenvalue weighted by Gasteiger charge is 2.99. The molecule has 13 heteroatoms. The van der Waals surface area contributed by atoms with Crippen molar-refractivity contribution in [1.82, 2.24) is 10.2 Å². The molecule has 5 spiro atoms. The minimum absolute atomic E-state index is 0.00105. The van der Waals surface area contributed by atoms with Crippen LogP contribution in [0.1, 0.15) is 152 Å². The summed E-state index contributed by atoms with van der Waals surface area (Å²) in [6.45, 7) is 3.85. The highest BCUT2D eigenvalue weighted by atomic mass is 16.7. The van der Waals surface area contributed by atoms with E-state index in [0.717, 1.165) is 134 Å². The van der Waals surface area contributed by atoms with Gasteiger partial charge in [-0.3, -0.25) is 14.9 Å². The van der Waals surface area contributed by atoms with Gasteiger partial charge >= 0.3 is 11.9 Å². The van der Waals surface area contributed by atoms with Gasteiger partial charge in [-0.05, 0) is 184 Å². The van der Waals surface area contributed by atoms with Gasteiger partial charge in [0.2, 0.25) is 0 Å². The van der Waals surface area contributed by atoms with Crippen molar-refractivity contribution >= 4 is 17.7 Å². The number of furan rings is 1. The van der Waals surface area contributed by atoms with Crippen molar-refractivity contribution in [3.8, 4) is 0 Å². The Morgan fingerprint density at radius 3 is 2.61 bits per heavy atom. The summed E-state index contributed by atoms with van der Waals surface area (Å²) >= 11 is 0. The first kappa shape index (κ1) is 51.4. The summed E-state index contributed by atoms with van der Waals surface area (Å²) in [5.74, 6) is -0.308. The van der Waals surface area contributed by atoms with Crippen LogP contribution in [0.5, 0.6) is 0 Å². The Morgan fingerprint density at radius 1 is 0.866 bits per heavy atom. The van der Waals surface area contributed by atoms with E-state index in [0.29, 0.717) is 42.4 Å². The molecule has 18 rings (SSSR count). The maximum atomic E-state index is 17.5. The molecule has 5 saturated heterocycles. The summed E-state index contributed by atoms with van der Waals surface area (Å²) < 4.78 is 36.9. The van der Waals surface area contributed by atoms with Gasteiger partial charge in [-0.15, -0.1) is 0 Å². The lowest BCUT2D eigenvalue weighted by Gasteiger charge is -2.73. The monoisotopic (exact) mass is 1120 g/mol. The fourth-order valence-corrected chi connectivity index (χ4v) is 26.5. The van der Waals surface area contributed by atoms with Crippen LogP contribution in [-0.4, -0.2) is 106 Å². The number of aliphatic hydroxyl groups excluding tert-OH is 3. The van der Waals surface area contributed by atoms with Gasteiger partial charge in [0.15, 0.2) is 11.9 Å². The number of benzene rings is 1. The Morgan fingerprint density at radius 2 is 1.73 bits per heavy atom. The van der Waals surface area contributed by atoms with Crippen LogP contribution in [0, 0.1) is 105 Å². The second-order valence-corrected chi connectivity index (χ2v) is 30.9. The van der Waals surface area contributed by atoms with Crippen molar-refractivity contribution in [2.24, 2.45) is 105 Å². The van der Waals surface area contributed by atoms with Crippen LogP contribution < -0.4 is 5.32 Å². The predicted molar refractivity (Wildman–Crippen MR) is 298 cm³/mol. The first-order valence-electron chi connectivity index (χ1n) is 33.1. The number of ketones is 1. The van der Waals surface area contributed by atoms with Crippen LogP contribution in [0.25, 0.3) is 0 Å². The number of carbonyl (C=O) groups is 3. The topological polar surface area (TPSA) is 181 Å². The van der Waals surface area contributed by atoms with E-state index < -0.39 is 80.7 Å². The number of cyclic esters (lactones) is 2. The summed E-state index contributed by atoms with van der Waals surface area (Å²) in [5, 5.41) is 41.1. The van der Waals surface area contributed by atoms with Crippen molar-refractivity contribution in [3.63, 3.8) is 0 Å². The molecule has 1 aromatic carbocycles. The SMILES string of the molecule is C[C@@]12C[C@@H]3C[C@@]45CCC[C@@H]4CC4=C[C@@H]6CC[C@@H]7CCCC[C@H]7[C@]67O[C@]46[C@H]5C(=O)OC[C@@]64[C@@H]7C(=O)[C@@H](O)[C@]([C@H]5CCC[C@H](Cc6ccccc6)C5)([C@H]34)[C@]13O[C@@H]3C(=O)O[C@H]2c1ccoc1C[C@@H]([C@H]1CC[C@H]2[C@H](C=CN3CNC[C@@H]23)C1)[C@H](O)CO. The molecule has 4 N–H and O–H groups in total. The number of aliphatic hydroxyl groups is 3. The Labute approximate surface area is 482 Å². The number of epoxide rings is 1. The summed E-state index contributed by atoms with van der Waals surface area (Å²) in [6.07, 6.45) is 23.8. The maximum Gasteiger partial charge on any atom is 0.339 e. The van der Waals surface area contributed by atoms with Gasteiger partial charge in [0.25, 0.3) is 0 Å². The summed E-state index contributed by atoms with van der Waals surface area (Å²) in [6, 6.07) is 13.2. The molecular formula is C69H86N2O11. The van der Waals surface area contributed by atoms with Crippen LogP contribution in [0.3, 0.4) is 0 Å². The molecule has 5 bridgehead atoms. The van der Waals surface area contributed by atoms with Gasteiger partial charge in [-0.1, -0.05) is 87.9 Å². The summed E-state index contributed by atoms with van der Waals surface area (Å²) in [5.41, 5.74) is -3.70. The third-order valence-electron chi connectivity index (χ3n) is 28.6. The van der Waals surface area contributed by atoms with Gasteiger partial charge in [-0.2, -0.15) is 0 Å². The predicted octanol–water partition coefficient (Wildman–Crippen LogP) is 8.97. The number of esters is 2. The van der Waals surface area contributed by atoms with E-state index in [1.54, 1.807) is 6.26 Å². The number of fused-ring (bicyclic) bond motifs is 4. The third-order valence-corrected chi connectivity index (χ3v) is 28.6. The van der Waals surface area contributed by atoms with Gasteiger partial charge in [0.1, 0.15) is 35.8 Å². The number of nitrogens with zero attached hydrogens (tertiary/aromatic N) is 1. The van der Waals surface area contributed by atoms with Crippen LogP contribution >= 0.6 is 0 Å². The van der Waals surface area contributed by atoms with Crippen LogP contribution in [0.15, 0.2) is 71.0 Å². The number of allylic oxidation sites excluding steroid dienone is 1. The standard InChI is InChI=1S/C69H86N2O11/c1-63-31-42-32-64-22-8-14-43(64)28-46-29-45-18-16-39-12-5-6-15-50(39)67(45)56-54(74)58(75)66(44-13-7-11-38(26-44)25-37-9-3-2-4-10-37,55(42)65(56)35-79-61(76)57(64)68(46,65)82-67)69(63)60(81-69)62(77)80-59(63)48-21-24-78-53(48)30-49(52(73)34-72)40-17-19-47-41(27-40)20-23-71-36-70-33-51(47)71/h2-4,9-10,20-21,23-24,29,38-45,47,49-52,55-60,70,72-73,75H,5-8,11-19,22,25-28,30-36H2,1H3/t38-,39+,40+,41-,42-,43-,44+,45+,47+,49+,50-,51+,52-,55-,56+,57+,58-,59+,60-,63+,64+,65-,66+,67-,68+,69-/m1/s1. The first-order chi connectivity index (χ1) is 39.9. The van der Waals surface area contributed by atoms with Crippen LogP contribution in [0.2, 0.25) is 0 Å². The molecule has 0 radical (unpaired) electrons. The van der Waals surface area contributed by atoms with E-state index in [2.05, 4.69) is 65.8 Å². The lowest BCUT2D eigenvalue weighted by atomic mass is 9.29. The van der Waals surface area contributed by atoms with Crippen LogP contribution in [0.4, 0.5) is 0 Å². The molecule has 26 atom stereocenters. The summed E-state index contributed by atoms with van der Waals surface area (Å²) in [4.78, 5) is 51.3. The van der Waals surface area contributed by atoms with Crippen molar-refractivity contribution in [1.29, 1.82) is 0 Å². The van der Waals surface area contributed by atoms with Gasteiger partial charge in [0.05, 0.1) is 48.5 Å². The maximum absolute atomic E-state index is 17.5. The average molecular weight is 1120 g/mol. The second-order valence-electron chi connectivity index (χ2n) is 30.9. The van der Waals surface area contributed by atoms with Crippen molar-refractivity contribution in [2.75, 3.05) is 26.4 Å². The van der Waals surface area contributed by atoms with E-state index in [1.807, 2.05) is 6.07 Å². The normalized spacial score (nSPS) is 52.7.